The minimum atomic E-state index is 0.632. The van der Waals surface area contributed by atoms with Crippen molar-refractivity contribution in [3.05, 3.63) is 47.7 Å². The van der Waals surface area contributed by atoms with E-state index in [0.717, 1.165) is 43.0 Å². The van der Waals surface area contributed by atoms with Gasteiger partial charge in [0.05, 0.1) is 0 Å². The zero-order valence-corrected chi connectivity index (χ0v) is 17.5. The Hall–Kier alpha value is -2.10. The highest BCUT2D eigenvalue weighted by molar-refractivity contribution is 5.47. The van der Waals surface area contributed by atoms with E-state index in [2.05, 4.69) is 60.0 Å². The number of anilines is 2. The molecule has 1 unspecified atom stereocenters. The highest BCUT2D eigenvalue weighted by atomic mass is 15.3. The zero-order valence-electron chi connectivity index (χ0n) is 17.5. The lowest BCUT2D eigenvalue weighted by molar-refractivity contribution is 0.400. The summed E-state index contributed by atoms with van der Waals surface area (Å²) in [5.74, 6) is 2.85. The lowest BCUT2D eigenvalue weighted by atomic mass is 9.90. The molecule has 1 aromatic carbocycles. The molecular formula is C24H34N4. The minimum Gasteiger partial charge on any atom is -0.353 e. The van der Waals surface area contributed by atoms with E-state index in [1.807, 2.05) is 0 Å². The van der Waals surface area contributed by atoms with E-state index in [0.29, 0.717) is 6.04 Å². The predicted octanol–water partition coefficient (Wildman–Crippen LogP) is 5.01. The summed E-state index contributed by atoms with van der Waals surface area (Å²) in [6.45, 7) is 7.68. The van der Waals surface area contributed by atoms with Gasteiger partial charge in [0.25, 0.3) is 0 Å². The van der Waals surface area contributed by atoms with Crippen molar-refractivity contribution in [1.82, 2.24) is 9.97 Å². The smallest absolute Gasteiger partial charge is 0.227 e. The zero-order chi connectivity index (χ0) is 19.3. The van der Waals surface area contributed by atoms with Gasteiger partial charge in [0.2, 0.25) is 5.95 Å². The van der Waals surface area contributed by atoms with Gasteiger partial charge < -0.3 is 9.80 Å². The minimum absolute atomic E-state index is 0.632. The fourth-order valence-corrected chi connectivity index (χ4v) is 4.84. The number of hydrogen-bond donors (Lipinski definition) is 0. The number of hydrogen-bond acceptors (Lipinski definition) is 4. The van der Waals surface area contributed by atoms with E-state index in [-0.39, 0.29) is 0 Å². The van der Waals surface area contributed by atoms with Gasteiger partial charge in [-0.25, -0.2) is 4.98 Å². The molecular weight excluding hydrogens is 344 g/mol. The second-order valence-electron chi connectivity index (χ2n) is 8.54. The number of aromatic nitrogens is 2. The standard InChI is InChI=1S/C24H34N4/c1-3-22-11-7-8-14-28(22)23-17-19(2)25-24(26-23)27-15-12-21(13-16-27)18-20-9-5-4-6-10-20/h4-6,9-10,17,21-22H,3,7-8,11-16,18H2,1-2H3. The van der Waals surface area contributed by atoms with Crippen LogP contribution in [0.1, 0.15) is 56.7 Å². The van der Waals surface area contributed by atoms with Gasteiger partial charge in [0.15, 0.2) is 0 Å². The van der Waals surface area contributed by atoms with Crippen molar-refractivity contribution < 1.29 is 0 Å². The summed E-state index contributed by atoms with van der Waals surface area (Å²) < 4.78 is 0. The molecule has 0 radical (unpaired) electrons. The average Bonchev–Trinajstić information content (AvgIpc) is 2.74. The number of piperidine rings is 2. The van der Waals surface area contributed by atoms with E-state index >= 15 is 0 Å². The second-order valence-corrected chi connectivity index (χ2v) is 8.54. The van der Waals surface area contributed by atoms with Gasteiger partial charge >= 0.3 is 0 Å². The molecule has 1 aromatic heterocycles. The van der Waals surface area contributed by atoms with E-state index in [1.54, 1.807) is 0 Å². The van der Waals surface area contributed by atoms with Gasteiger partial charge in [-0.1, -0.05) is 37.3 Å². The molecule has 2 aromatic rings. The van der Waals surface area contributed by atoms with Gasteiger partial charge in [-0.05, 0) is 63.4 Å². The van der Waals surface area contributed by atoms with Crippen molar-refractivity contribution in [1.29, 1.82) is 0 Å². The van der Waals surface area contributed by atoms with Crippen molar-refractivity contribution in [2.24, 2.45) is 5.92 Å². The van der Waals surface area contributed by atoms with Crippen molar-refractivity contribution in [3.8, 4) is 0 Å². The van der Waals surface area contributed by atoms with Crippen LogP contribution in [0.25, 0.3) is 0 Å². The third-order valence-electron chi connectivity index (χ3n) is 6.49. The van der Waals surface area contributed by atoms with Crippen LogP contribution in [0.4, 0.5) is 11.8 Å². The normalized spacial score (nSPS) is 21.1. The largest absolute Gasteiger partial charge is 0.353 e. The molecule has 28 heavy (non-hydrogen) atoms. The maximum Gasteiger partial charge on any atom is 0.227 e. The number of rotatable bonds is 5. The van der Waals surface area contributed by atoms with Crippen LogP contribution in [0.3, 0.4) is 0 Å². The van der Waals surface area contributed by atoms with Crippen LogP contribution < -0.4 is 9.80 Å². The van der Waals surface area contributed by atoms with E-state index in [9.17, 15) is 0 Å². The van der Waals surface area contributed by atoms with Crippen LogP contribution in [0.15, 0.2) is 36.4 Å². The van der Waals surface area contributed by atoms with Gasteiger partial charge in [-0.3, -0.25) is 0 Å². The molecule has 4 heteroatoms. The Morgan fingerprint density at radius 1 is 0.964 bits per heavy atom. The molecule has 1 atom stereocenters. The van der Waals surface area contributed by atoms with Crippen LogP contribution >= 0.6 is 0 Å². The summed E-state index contributed by atoms with van der Waals surface area (Å²) in [6.07, 6.45) is 8.76. The van der Waals surface area contributed by atoms with Crippen molar-refractivity contribution in [3.63, 3.8) is 0 Å². The third-order valence-corrected chi connectivity index (χ3v) is 6.49. The highest BCUT2D eigenvalue weighted by Gasteiger charge is 2.25. The van der Waals surface area contributed by atoms with Gasteiger partial charge in [0.1, 0.15) is 5.82 Å². The predicted molar refractivity (Wildman–Crippen MR) is 117 cm³/mol. The first-order chi connectivity index (χ1) is 13.7. The SMILES string of the molecule is CCC1CCCCN1c1cc(C)nc(N2CCC(Cc3ccccc3)CC2)n1. The molecule has 2 aliphatic heterocycles. The van der Waals surface area contributed by atoms with Crippen LogP contribution in [-0.2, 0) is 6.42 Å². The Morgan fingerprint density at radius 2 is 1.75 bits per heavy atom. The first-order valence-corrected chi connectivity index (χ1v) is 11.1. The second kappa shape index (κ2) is 8.93. The Morgan fingerprint density at radius 3 is 2.50 bits per heavy atom. The molecule has 0 N–H and O–H groups in total. The van der Waals surface area contributed by atoms with E-state index < -0.39 is 0 Å². The highest BCUT2D eigenvalue weighted by Crippen LogP contribution is 2.29. The first-order valence-electron chi connectivity index (χ1n) is 11.1. The molecule has 2 aliphatic rings. The topological polar surface area (TPSA) is 32.3 Å². The van der Waals surface area contributed by atoms with Gasteiger partial charge in [0, 0.05) is 37.4 Å². The summed E-state index contributed by atoms with van der Waals surface area (Å²) >= 11 is 0. The maximum absolute atomic E-state index is 5.03. The molecule has 0 saturated carbocycles. The Kier molecular flexibility index (Phi) is 6.13. The van der Waals surface area contributed by atoms with Crippen molar-refractivity contribution in [2.45, 2.75) is 64.8 Å². The van der Waals surface area contributed by atoms with Crippen LogP contribution in [-0.4, -0.2) is 35.6 Å². The molecule has 3 heterocycles. The summed E-state index contributed by atoms with van der Waals surface area (Å²) in [7, 11) is 0. The number of nitrogens with zero attached hydrogens (tertiary/aromatic N) is 4. The lowest BCUT2D eigenvalue weighted by Crippen LogP contribution is -2.40. The lowest BCUT2D eigenvalue weighted by Gasteiger charge is -2.37. The summed E-state index contributed by atoms with van der Waals surface area (Å²) in [6, 6.07) is 13.7. The number of benzene rings is 1. The fourth-order valence-electron chi connectivity index (χ4n) is 4.84. The molecule has 4 nitrogen and oxygen atoms in total. The molecule has 0 spiro atoms. The van der Waals surface area contributed by atoms with E-state index in [1.165, 1.54) is 50.5 Å². The molecule has 4 rings (SSSR count). The Labute approximate surface area is 170 Å². The molecule has 2 saturated heterocycles. The van der Waals surface area contributed by atoms with Gasteiger partial charge in [-0.15, -0.1) is 0 Å². The van der Waals surface area contributed by atoms with Crippen LogP contribution in [0.2, 0.25) is 0 Å². The van der Waals surface area contributed by atoms with Gasteiger partial charge in [-0.2, -0.15) is 4.98 Å². The Bertz CT molecular complexity index is 752. The maximum atomic E-state index is 5.03. The number of aryl methyl sites for hydroxylation is 1. The molecule has 0 bridgehead atoms. The Balaban J connectivity index is 1.43. The third kappa shape index (κ3) is 4.48. The van der Waals surface area contributed by atoms with Crippen molar-refractivity contribution >= 4 is 11.8 Å². The molecule has 150 valence electrons. The summed E-state index contributed by atoms with van der Waals surface area (Å²) in [4.78, 5) is 14.8. The summed E-state index contributed by atoms with van der Waals surface area (Å²) in [5.41, 5.74) is 2.55. The van der Waals surface area contributed by atoms with E-state index in [4.69, 9.17) is 9.97 Å². The molecule has 0 aliphatic carbocycles. The quantitative estimate of drug-likeness (QED) is 0.732. The average molecular weight is 379 g/mol. The molecule has 2 fully saturated rings. The van der Waals surface area contributed by atoms with Crippen molar-refractivity contribution in [2.75, 3.05) is 29.4 Å². The van der Waals surface area contributed by atoms with Crippen LogP contribution in [0, 0.1) is 12.8 Å². The molecule has 0 amide bonds. The monoisotopic (exact) mass is 378 g/mol. The first kappa shape index (κ1) is 19.2. The van der Waals surface area contributed by atoms with Crippen LogP contribution in [0.5, 0.6) is 0 Å². The summed E-state index contributed by atoms with van der Waals surface area (Å²) in [5, 5.41) is 0. The fraction of sp³-hybridized carbons (Fsp3) is 0.583.